The lowest BCUT2D eigenvalue weighted by Gasteiger charge is -2.25. The minimum atomic E-state index is -0.892. The first-order chi connectivity index (χ1) is 22.5. The Morgan fingerprint density at radius 1 is 0.809 bits per heavy atom. The number of aromatic hydroxyl groups is 1. The van der Waals surface area contributed by atoms with Gasteiger partial charge in [0, 0.05) is 12.0 Å². The van der Waals surface area contributed by atoms with E-state index in [-0.39, 0.29) is 23.7 Å². The lowest BCUT2D eigenvalue weighted by Crippen LogP contribution is -2.44. The molecule has 0 unspecified atom stereocenters. The second kappa shape index (κ2) is 16.4. The molecule has 0 aliphatic heterocycles. The number of esters is 1. The summed E-state index contributed by atoms with van der Waals surface area (Å²) < 4.78 is 11.7. The second-order valence-corrected chi connectivity index (χ2v) is 12.3. The van der Waals surface area contributed by atoms with Gasteiger partial charge in [-0.05, 0) is 87.1 Å². The van der Waals surface area contributed by atoms with E-state index in [1.54, 1.807) is 57.2 Å². The summed E-state index contributed by atoms with van der Waals surface area (Å²) >= 11 is 0. The average Bonchev–Trinajstić information content (AvgIpc) is 3.04. The molecule has 0 heterocycles. The van der Waals surface area contributed by atoms with Crippen molar-refractivity contribution in [3.63, 3.8) is 0 Å². The molecule has 0 aliphatic rings. The molecule has 47 heavy (non-hydrogen) atoms. The van der Waals surface area contributed by atoms with E-state index < -0.39 is 35.5 Å². The molecule has 2 atom stereocenters. The molecule has 246 valence electrons. The zero-order chi connectivity index (χ0) is 33.8. The Kier molecular flexibility index (Phi) is 12.1. The van der Waals surface area contributed by atoms with Gasteiger partial charge in [0.25, 0.3) is 5.91 Å². The summed E-state index contributed by atoms with van der Waals surface area (Å²) in [7, 11) is 0. The smallest absolute Gasteiger partial charge is 0.329 e. The molecule has 9 heteroatoms. The van der Waals surface area contributed by atoms with Gasteiger partial charge in [-0.3, -0.25) is 9.59 Å². The van der Waals surface area contributed by atoms with Gasteiger partial charge in [-0.15, -0.1) is 0 Å². The predicted molar refractivity (Wildman–Crippen MR) is 182 cm³/mol. The second-order valence-electron chi connectivity index (χ2n) is 12.3. The monoisotopic (exact) mass is 637 g/mol. The minimum absolute atomic E-state index is 0.165. The molecule has 0 aromatic heterocycles. The number of carbonyl (C=O) groups is 3. The highest BCUT2D eigenvalue weighted by Gasteiger charge is 2.27. The summed E-state index contributed by atoms with van der Waals surface area (Å²) in [4.78, 5) is 39.8. The van der Waals surface area contributed by atoms with Crippen LogP contribution >= 0.6 is 0 Å². The molecule has 0 bridgehead atoms. The van der Waals surface area contributed by atoms with Crippen molar-refractivity contribution >= 4 is 23.5 Å². The fraction of sp³-hybridized carbons (Fsp3) is 0.289. The number of amides is 2. The quantitative estimate of drug-likeness (QED) is 0.132. The van der Waals surface area contributed by atoms with Gasteiger partial charge < -0.3 is 30.9 Å². The minimum Gasteiger partial charge on any atom is -0.508 e. The summed E-state index contributed by atoms with van der Waals surface area (Å²) in [5, 5.41) is 15.3. The molecular weight excluding hydrogens is 594 g/mol. The van der Waals surface area contributed by atoms with E-state index >= 15 is 0 Å². The summed E-state index contributed by atoms with van der Waals surface area (Å²) in [6.07, 6.45) is 1.76. The number of rotatable bonds is 14. The number of benzene rings is 4. The number of nitrogens with one attached hydrogen (secondary N) is 2. The van der Waals surface area contributed by atoms with Crippen LogP contribution < -0.4 is 21.1 Å². The van der Waals surface area contributed by atoms with Crippen LogP contribution in [-0.4, -0.2) is 47.2 Å². The summed E-state index contributed by atoms with van der Waals surface area (Å²) in [6.45, 7) is 5.57. The number of nitrogens with two attached hydrogens (primary N) is 1. The van der Waals surface area contributed by atoms with Gasteiger partial charge in [0.2, 0.25) is 5.91 Å². The third kappa shape index (κ3) is 11.3. The van der Waals surface area contributed by atoms with Crippen LogP contribution in [0.15, 0.2) is 103 Å². The number of hydrogen-bond acceptors (Lipinski definition) is 7. The van der Waals surface area contributed by atoms with Gasteiger partial charge in [0.05, 0.1) is 18.3 Å². The van der Waals surface area contributed by atoms with E-state index in [4.69, 9.17) is 15.2 Å². The number of carbonyl (C=O) groups excluding carboxylic acids is 3. The van der Waals surface area contributed by atoms with Crippen LogP contribution in [0.3, 0.4) is 0 Å². The summed E-state index contributed by atoms with van der Waals surface area (Å²) in [5.41, 5.74) is 8.99. The topological polar surface area (TPSA) is 140 Å². The van der Waals surface area contributed by atoms with E-state index in [0.717, 1.165) is 16.7 Å². The molecule has 4 rings (SSSR count). The molecule has 0 saturated carbocycles. The van der Waals surface area contributed by atoms with E-state index in [9.17, 15) is 19.5 Å². The van der Waals surface area contributed by atoms with Crippen molar-refractivity contribution in [1.29, 1.82) is 0 Å². The molecule has 9 nitrogen and oxygen atoms in total. The van der Waals surface area contributed by atoms with Gasteiger partial charge in [-0.25, -0.2) is 4.79 Å². The van der Waals surface area contributed by atoms with Crippen LogP contribution in [0.25, 0.3) is 0 Å². The van der Waals surface area contributed by atoms with Crippen molar-refractivity contribution in [2.24, 2.45) is 5.73 Å². The Labute approximate surface area is 276 Å². The lowest BCUT2D eigenvalue weighted by atomic mass is 10.0. The highest BCUT2D eigenvalue weighted by atomic mass is 16.6. The zero-order valence-corrected chi connectivity index (χ0v) is 27.1. The fourth-order valence-corrected chi connectivity index (χ4v) is 4.83. The third-order valence-corrected chi connectivity index (χ3v) is 7.28. The highest BCUT2D eigenvalue weighted by Crippen LogP contribution is 2.27. The first kappa shape index (κ1) is 34.7. The highest BCUT2D eigenvalue weighted by molar-refractivity contribution is 6.00. The molecule has 4 aromatic rings. The summed E-state index contributed by atoms with van der Waals surface area (Å²) in [6, 6.07) is 28.9. The largest absolute Gasteiger partial charge is 0.508 e. The predicted octanol–water partition coefficient (Wildman–Crippen LogP) is 5.60. The van der Waals surface area contributed by atoms with Crippen molar-refractivity contribution in [1.82, 2.24) is 5.32 Å². The first-order valence-electron chi connectivity index (χ1n) is 15.7. The van der Waals surface area contributed by atoms with Gasteiger partial charge in [0.15, 0.2) is 0 Å². The fourth-order valence-electron chi connectivity index (χ4n) is 4.83. The molecule has 0 aliphatic carbocycles. The Morgan fingerprint density at radius 3 is 2.06 bits per heavy atom. The van der Waals surface area contributed by atoms with E-state index in [0.29, 0.717) is 31.4 Å². The molecule has 0 fully saturated rings. The Balaban J connectivity index is 1.52. The molecule has 5 N–H and O–H groups in total. The van der Waals surface area contributed by atoms with Crippen molar-refractivity contribution in [3.8, 4) is 11.5 Å². The van der Waals surface area contributed by atoms with Crippen LogP contribution in [0.2, 0.25) is 0 Å². The number of ether oxygens (including phenoxy) is 2. The van der Waals surface area contributed by atoms with Crippen molar-refractivity contribution in [2.75, 3.05) is 11.9 Å². The normalized spacial score (nSPS) is 12.4. The van der Waals surface area contributed by atoms with Crippen LogP contribution in [0.5, 0.6) is 11.5 Å². The van der Waals surface area contributed by atoms with Crippen LogP contribution in [0.1, 0.15) is 54.2 Å². The van der Waals surface area contributed by atoms with Crippen molar-refractivity contribution < 1.29 is 29.0 Å². The zero-order valence-electron chi connectivity index (χ0n) is 27.1. The lowest BCUT2D eigenvalue weighted by molar-refractivity contribution is -0.157. The molecule has 2 amide bonds. The maximum absolute atomic E-state index is 13.6. The summed E-state index contributed by atoms with van der Waals surface area (Å²) in [5.74, 6) is -0.979. The molecule has 0 saturated heterocycles. The number of aryl methyl sites for hydroxylation is 1. The molecule has 4 aromatic carbocycles. The Bertz CT molecular complexity index is 1620. The molecule has 0 radical (unpaired) electrons. The van der Waals surface area contributed by atoms with Crippen LogP contribution in [-0.2, 0) is 33.6 Å². The van der Waals surface area contributed by atoms with Gasteiger partial charge in [-0.1, -0.05) is 72.8 Å². The average molecular weight is 638 g/mol. The Hall–Kier alpha value is -5.15. The van der Waals surface area contributed by atoms with E-state index in [2.05, 4.69) is 10.6 Å². The number of phenols is 1. The van der Waals surface area contributed by atoms with Gasteiger partial charge in [0.1, 0.15) is 23.1 Å². The van der Waals surface area contributed by atoms with E-state index in [1.807, 2.05) is 60.7 Å². The van der Waals surface area contributed by atoms with Crippen molar-refractivity contribution in [2.45, 2.75) is 64.1 Å². The standard InChI is InChI=1S/C38H43N3O6/c1-38(2,3)47-37(45)33(20-16-26-10-6-4-7-11-26)41-35(43)29-17-21-32(40-36(44)31(39)24-28-12-8-5-9-13-28)34(25-29)46-23-22-27-14-18-30(42)19-15-27/h4-15,17-19,21,25,31,33,42H,16,20,22-24,39H2,1-3H3,(H,40,44)(H,41,43)/t31-,33-/m0/s1. The van der Waals surface area contributed by atoms with Crippen LogP contribution in [0.4, 0.5) is 5.69 Å². The maximum Gasteiger partial charge on any atom is 0.329 e. The first-order valence-corrected chi connectivity index (χ1v) is 15.7. The van der Waals surface area contributed by atoms with Crippen molar-refractivity contribution in [3.05, 3.63) is 125 Å². The van der Waals surface area contributed by atoms with Gasteiger partial charge in [-0.2, -0.15) is 0 Å². The molecular formula is C38H43N3O6. The number of phenolic OH excluding ortho intramolecular Hbond substituents is 1. The van der Waals surface area contributed by atoms with E-state index in [1.165, 1.54) is 6.07 Å². The third-order valence-electron chi connectivity index (χ3n) is 7.28. The number of anilines is 1. The van der Waals surface area contributed by atoms with Crippen LogP contribution in [0, 0.1) is 0 Å². The van der Waals surface area contributed by atoms with Gasteiger partial charge >= 0.3 is 5.97 Å². The SMILES string of the molecule is CC(C)(C)OC(=O)[C@H](CCc1ccccc1)NC(=O)c1ccc(NC(=O)[C@@H](N)Cc2ccccc2)c(OCCc2ccc(O)cc2)c1. The maximum atomic E-state index is 13.6. The Morgan fingerprint density at radius 2 is 1.43 bits per heavy atom. The number of hydrogen-bond donors (Lipinski definition) is 4. The molecule has 0 spiro atoms.